The molecule has 0 spiro atoms. The second-order valence-electron chi connectivity index (χ2n) is 6.89. The number of hydrogen-bond acceptors (Lipinski definition) is 4. The van der Waals surface area contributed by atoms with Crippen LogP contribution < -0.4 is 5.32 Å². The van der Waals surface area contributed by atoms with Gasteiger partial charge in [0.05, 0.1) is 4.92 Å². The van der Waals surface area contributed by atoms with Gasteiger partial charge in [-0.05, 0) is 49.4 Å². The van der Waals surface area contributed by atoms with E-state index in [-0.39, 0.29) is 16.7 Å². The Morgan fingerprint density at radius 1 is 1.12 bits per heavy atom. The molecule has 1 saturated heterocycles. The third-order valence-electron chi connectivity index (χ3n) is 5.03. The molecule has 0 unspecified atom stereocenters. The van der Waals surface area contributed by atoms with Crippen molar-refractivity contribution in [3.05, 3.63) is 69.3 Å². The first-order valence-corrected chi connectivity index (χ1v) is 8.81. The highest BCUT2D eigenvalue weighted by Gasteiger charge is 2.22. The van der Waals surface area contributed by atoms with Gasteiger partial charge in [0.2, 0.25) is 0 Å². The molecule has 1 aliphatic rings. The quantitative estimate of drug-likeness (QED) is 0.652. The summed E-state index contributed by atoms with van der Waals surface area (Å²) in [4.78, 5) is 13.3. The fourth-order valence-electron chi connectivity index (χ4n) is 3.37. The molecule has 1 fully saturated rings. The molecule has 0 saturated carbocycles. The van der Waals surface area contributed by atoms with E-state index in [0.29, 0.717) is 5.69 Å². The average Bonchev–Trinajstić information content (AvgIpc) is 2.60. The topological polar surface area (TPSA) is 58.4 Å². The van der Waals surface area contributed by atoms with Gasteiger partial charge in [-0.1, -0.05) is 30.3 Å². The van der Waals surface area contributed by atoms with E-state index in [0.717, 1.165) is 32.5 Å². The van der Waals surface area contributed by atoms with E-state index in [1.165, 1.54) is 16.7 Å². The van der Waals surface area contributed by atoms with Crippen LogP contribution in [-0.4, -0.2) is 29.0 Å². The summed E-state index contributed by atoms with van der Waals surface area (Å²) in [6.07, 6.45) is 1.99. The maximum absolute atomic E-state index is 11.1. The van der Waals surface area contributed by atoms with Crippen molar-refractivity contribution >= 4 is 11.4 Å². The van der Waals surface area contributed by atoms with E-state index in [4.69, 9.17) is 0 Å². The summed E-state index contributed by atoms with van der Waals surface area (Å²) >= 11 is 0. The number of hydrogen-bond donors (Lipinski definition) is 1. The Bertz CT molecular complexity index is 752. The van der Waals surface area contributed by atoms with Crippen LogP contribution in [0, 0.1) is 24.0 Å². The van der Waals surface area contributed by atoms with E-state index in [1.807, 2.05) is 6.07 Å². The van der Waals surface area contributed by atoms with Crippen molar-refractivity contribution in [2.24, 2.45) is 0 Å². The number of nitro groups is 1. The largest absolute Gasteiger partial charge is 0.377 e. The first-order valence-electron chi connectivity index (χ1n) is 8.81. The number of piperidine rings is 1. The molecule has 0 bridgehead atoms. The van der Waals surface area contributed by atoms with Crippen molar-refractivity contribution < 1.29 is 4.92 Å². The summed E-state index contributed by atoms with van der Waals surface area (Å²) in [7, 11) is 0. The van der Waals surface area contributed by atoms with Crippen LogP contribution in [-0.2, 0) is 6.54 Å². The highest BCUT2D eigenvalue weighted by molar-refractivity contribution is 5.61. The summed E-state index contributed by atoms with van der Waals surface area (Å²) < 4.78 is 0. The summed E-state index contributed by atoms with van der Waals surface area (Å²) in [6.45, 7) is 7.27. The van der Waals surface area contributed by atoms with Crippen molar-refractivity contribution in [2.45, 2.75) is 39.3 Å². The van der Waals surface area contributed by atoms with Crippen LogP contribution in [0.25, 0.3) is 0 Å². The molecule has 0 aliphatic carbocycles. The van der Waals surface area contributed by atoms with E-state index in [9.17, 15) is 10.1 Å². The minimum Gasteiger partial charge on any atom is -0.377 e. The van der Waals surface area contributed by atoms with Crippen molar-refractivity contribution in [1.29, 1.82) is 0 Å². The zero-order valence-electron chi connectivity index (χ0n) is 14.9. The van der Waals surface area contributed by atoms with Crippen LogP contribution in [0.2, 0.25) is 0 Å². The third-order valence-corrected chi connectivity index (χ3v) is 5.03. The van der Waals surface area contributed by atoms with Crippen LogP contribution in [0.5, 0.6) is 0 Å². The van der Waals surface area contributed by atoms with Crippen LogP contribution >= 0.6 is 0 Å². The number of anilines is 1. The SMILES string of the molecule is Cc1ccc(CN2CCC(Nc3ccccc3[N+](=O)[O-])CC2)cc1C. The lowest BCUT2D eigenvalue weighted by molar-refractivity contribution is -0.384. The summed E-state index contributed by atoms with van der Waals surface area (Å²) in [5, 5.41) is 14.5. The molecular weight excluding hydrogens is 314 g/mol. The Balaban J connectivity index is 1.55. The molecule has 5 nitrogen and oxygen atoms in total. The van der Waals surface area contributed by atoms with E-state index >= 15 is 0 Å². The molecule has 2 aromatic carbocycles. The predicted molar refractivity (Wildman–Crippen MR) is 101 cm³/mol. The van der Waals surface area contributed by atoms with Gasteiger partial charge >= 0.3 is 0 Å². The third kappa shape index (κ3) is 4.37. The van der Waals surface area contributed by atoms with Gasteiger partial charge in [-0.25, -0.2) is 0 Å². The lowest BCUT2D eigenvalue weighted by atomic mass is 10.0. The van der Waals surface area contributed by atoms with E-state index < -0.39 is 0 Å². The molecule has 3 rings (SSSR count). The number of rotatable bonds is 5. The van der Waals surface area contributed by atoms with Gasteiger partial charge in [0.1, 0.15) is 5.69 Å². The van der Waals surface area contributed by atoms with Crippen LogP contribution in [0.3, 0.4) is 0 Å². The number of aryl methyl sites for hydroxylation is 2. The molecule has 132 valence electrons. The normalized spacial score (nSPS) is 15.9. The molecule has 2 aromatic rings. The number of para-hydroxylation sites is 2. The van der Waals surface area contributed by atoms with E-state index in [1.54, 1.807) is 18.2 Å². The summed E-state index contributed by atoms with van der Waals surface area (Å²) in [5.74, 6) is 0. The van der Waals surface area contributed by atoms with Crippen LogP contribution in [0.4, 0.5) is 11.4 Å². The molecule has 1 heterocycles. The van der Waals surface area contributed by atoms with Crippen LogP contribution in [0.15, 0.2) is 42.5 Å². The fraction of sp³-hybridized carbons (Fsp3) is 0.400. The minimum atomic E-state index is -0.322. The summed E-state index contributed by atoms with van der Waals surface area (Å²) in [6, 6.07) is 13.8. The second kappa shape index (κ2) is 7.66. The molecule has 0 atom stereocenters. The fourth-order valence-corrected chi connectivity index (χ4v) is 3.37. The zero-order chi connectivity index (χ0) is 17.8. The number of nitro benzene ring substituents is 1. The standard InChI is InChI=1S/C20H25N3O2/c1-15-7-8-17(13-16(15)2)14-22-11-9-18(10-12-22)21-19-5-3-4-6-20(19)23(24)25/h3-8,13,18,21H,9-12,14H2,1-2H3. The number of benzene rings is 2. The Morgan fingerprint density at radius 2 is 1.84 bits per heavy atom. The summed E-state index contributed by atoms with van der Waals surface area (Å²) in [5.41, 5.74) is 4.80. The molecule has 5 heteroatoms. The molecule has 0 radical (unpaired) electrons. The Morgan fingerprint density at radius 3 is 2.52 bits per heavy atom. The first kappa shape index (κ1) is 17.4. The highest BCUT2D eigenvalue weighted by atomic mass is 16.6. The number of nitrogens with one attached hydrogen (secondary N) is 1. The Kier molecular flexibility index (Phi) is 5.34. The molecule has 25 heavy (non-hydrogen) atoms. The lowest BCUT2D eigenvalue weighted by Gasteiger charge is -2.32. The maximum atomic E-state index is 11.1. The first-order chi connectivity index (χ1) is 12.0. The second-order valence-corrected chi connectivity index (χ2v) is 6.89. The number of likely N-dealkylation sites (tertiary alicyclic amines) is 1. The molecule has 1 N–H and O–H groups in total. The Hall–Kier alpha value is -2.40. The lowest BCUT2D eigenvalue weighted by Crippen LogP contribution is -2.38. The monoisotopic (exact) mass is 339 g/mol. The minimum absolute atomic E-state index is 0.153. The predicted octanol–water partition coefficient (Wildman–Crippen LogP) is 4.29. The van der Waals surface area contributed by atoms with Crippen LogP contribution in [0.1, 0.15) is 29.5 Å². The zero-order valence-corrected chi connectivity index (χ0v) is 14.9. The average molecular weight is 339 g/mol. The highest BCUT2D eigenvalue weighted by Crippen LogP contribution is 2.26. The molecule has 1 aliphatic heterocycles. The Labute approximate surface area is 148 Å². The van der Waals surface area contributed by atoms with Crippen molar-refractivity contribution in [2.75, 3.05) is 18.4 Å². The van der Waals surface area contributed by atoms with Gasteiger partial charge in [0.25, 0.3) is 5.69 Å². The molecule has 0 amide bonds. The van der Waals surface area contributed by atoms with Gasteiger partial charge < -0.3 is 5.32 Å². The number of nitrogens with zero attached hydrogens (tertiary/aromatic N) is 2. The molecule has 0 aromatic heterocycles. The molecular formula is C20H25N3O2. The van der Waals surface area contributed by atoms with E-state index in [2.05, 4.69) is 42.3 Å². The van der Waals surface area contributed by atoms with Gasteiger partial charge in [0, 0.05) is 31.7 Å². The van der Waals surface area contributed by atoms with Gasteiger partial charge in [-0.3, -0.25) is 15.0 Å². The maximum Gasteiger partial charge on any atom is 0.292 e. The smallest absolute Gasteiger partial charge is 0.292 e. The van der Waals surface area contributed by atoms with Gasteiger partial charge in [-0.2, -0.15) is 0 Å². The van der Waals surface area contributed by atoms with Gasteiger partial charge in [0.15, 0.2) is 0 Å². The van der Waals surface area contributed by atoms with Gasteiger partial charge in [-0.15, -0.1) is 0 Å². The van der Waals surface area contributed by atoms with Crippen molar-refractivity contribution in [3.63, 3.8) is 0 Å². The van der Waals surface area contributed by atoms with Crippen molar-refractivity contribution in [1.82, 2.24) is 4.90 Å². The van der Waals surface area contributed by atoms with Crippen molar-refractivity contribution in [3.8, 4) is 0 Å².